The largest absolute Gasteiger partial charge is 0.476 e. The number of oxime groups is 1. The summed E-state index contributed by atoms with van der Waals surface area (Å²) in [4.78, 5) is 29.5. The van der Waals surface area contributed by atoms with E-state index >= 15 is 0 Å². The number of carbonyl (C=O) groups is 2. The highest BCUT2D eigenvalue weighted by molar-refractivity contribution is 7.14. The van der Waals surface area contributed by atoms with Gasteiger partial charge in [0.1, 0.15) is 12.3 Å². The van der Waals surface area contributed by atoms with E-state index < -0.39 is 5.97 Å². The SMILES string of the molecule is CCO/N=C(\C(=O)O)c1csc(NC=O)n1. The molecule has 0 spiro atoms. The molecule has 0 aliphatic rings. The van der Waals surface area contributed by atoms with Crippen LogP contribution in [0.2, 0.25) is 0 Å². The van der Waals surface area contributed by atoms with E-state index in [0.717, 1.165) is 11.3 Å². The molecule has 8 heteroatoms. The van der Waals surface area contributed by atoms with Gasteiger partial charge in [-0.3, -0.25) is 4.79 Å². The molecule has 0 saturated carbocycles. The predicted molar refractivity (Wildman–Crippen MR) is 57.6 cm³/mol. The third-order valence-corrected chi connectivity index (χ3v) is 2.19. The van der Waals surface area contributed by atoms with E-state index in [1.165, 1.54) is 5.38 Å². The first-order valence-electron chi connectivity index (χ1n) is 4.28. The van der Waals surface area contributed by atoms with E-state index in [0.29, 0.717) is 11.5 Å². The van der Waals surface area contributed by atoms with Crippen molar-refractivity contribution < 1.29 is 19.5 Å². The van der Waals surface area contributed by atoms with Gasteiger partial charge >= 0.3 is 5.97 Å². The van der Waals surface area contributed by atoms with E-state index in [2.05, 4.69) is 20.3 Å². The number of thiazole rings is 1. The third kappa shape index (κ3) is 3.02. The van der Waals surface area contributed by atoms with Gasteiger partial charge in [0.25, 0.3) is 0 Å². The molecule has 0 aromatic carbocycles. The first kappa shape index (κ1) is 12.1. The van der Waals surface area contributed by atoms with Crippen molar-refractivity contribution in [1.82, 2.24) is 4.98 Å². The Kier molecular flexibility index (Phi) is 4.40. The number of hydrogen-bond donors (Lipinski definition) is 2. The van der Waals surface area contributed by atoms with Crippen LogP contribution in [0.25, 0.3) is 0 Å². The molecule has 0 saturated heterocycles. The van der Waals surface area contributed by atoms with Crippen LogP contribution in [0, 0.1) is 0 Å². The molecular formula is C8H9N3O4S. The molecule has 1 amide bonds. The second-order valence-electron chi connectivity index (χ2n) is 2.46. The summed E-state index contributed by atoms with van der Waals surface area (Å²) in [5.74, 6) is -1.24. The summed E-state index contributed by atoms with van der Waals surface area (Å²) in [6.07, 6.45) is 0.461. The maximum absolute atomic E-state index is 10.8. The molecule has 1 aromatic rings. The van der Waals surface area contributed by atoms with Crippen molar-refractivity contribution in [1.29, 1.82) is 0 Å². The molecule has 0 unspecified atom stereocenters. The van der Waals surface area contributed by atoms with Gasteiger partial charge in [0.15, 0.2) is 5.13 Å². The lowest BCUT2D eigenvalue weighted by atomic mass is 10.3. The number of carboxylic acids is 1. The summed E-state index contributed by atoms with van der Waals surface area (Å²) in [5, 5.41) is 16.4. The molecule has 7 nitrogen and oxygen atoms in total. The lowest BCUT2D eigenvalue weighted by Crippen LogP contribution is -2.15. The topological polar surface area (TPSA) is 101 Å². The Morgan fingerprint density at radius 2 is 2.56 bits per heavy atom. The van der Waals surface area contributed by atoms with Gasteiger partial charge in [-0.1, -0.05) is 5.16 Å². The van der Waals surface area contributed by atoms with Crippen LogP contribution in [0.3, 0.4) is 0 Å². The Labute approximate surface area is 94.7 Å². The number of carbonyl (C=O) groups excluding carboxylic acids is 1. The maximum atomic E-state index is 10.8. The van der Waals surface area contributed by atoms with Gasteiger partial charge in [0.2, 0.25) is 12.1 Å². The van der Waals surface area contributed by atoms with Gasteiger partial charge in [0, 0.05) is 5.38 Å². The average molecular weight is 243 g/mol. The lowest BCUT2D eigenvalue weighted by molar-refractivity contribution is -0.129. The normalized spacial score (nSPS) is 10.9. The number of anilines is 1. The smallest absolute Gasteiger partial charge is 0.360 e. The van der Waals surface area contributed by atoms with Crippen LogP contribution in [0.5, 0.6) is 0 Å². The third-order valence-electron chi connectivity index (χ3n) is 1.42. The zero-order chi connectivity index (χ0) is 12.0. The number of rotatable bonds is 6. The van der Waals surface area contributed by atoms with Gasteiger partial charge in [-0.15, -0.1) is 11.3 Å². The number of nitrogens with one attached hydrogen (secondary N) is 1. The van der Waals surface area contributed by atoms with Gasteiger partial charge in [-0.05, 0) is 6.92 Å². The van der Waals surface area contributed by atoms with Crippen LogP contribution >= 0.6 is 11.3 Å². The summed E-state index contributed by atoms with van der Waals surface area (Å²) in [6.45, 7) is 1.95. The molecule has 0 bridgehead atoms. The monoisotopic (exact) mass is 243 g/mol. The Hall–Kier alpha value is -1.96. The summed E-state index contributed by atoms with van der Waals surface area (Å²) >= 11 is 1.10. The maximum Gasteiger partial charge on any atom is 0.360 e. The molecule has 0 atom stereocenters. The van der Waals surface area contributed by atoms with Crippen LogP contribution in [0.1, 0.15) is 12.6 Å². The first-order chi connectivity index (χ1) is 7.69. The number of aliphatic carboxylic acids is 1. The van der Waals surface area contributed by atoms with Gasteiger partial charge < -0.3 is 15.3 Å². The minimum Gasteiger partial charge on any atom is -0.476 e. The van der Waals surface area contributed by atoms with Crippen LogP contribution < -0.4 is 5.32 Å². The van der Waals surface area contributed by atoms with Crippen LogP contribution in [0.15, 0.2) is 10.5 Å². The van der Waals surface area contributed by atoms with Crippen molar-refractivity contribution in [2.24, 2.45) is 5.16 Å². The van der Waals surface area contributed by atoms with E-state index in [1.807, 2.05) is 0 Å². The van der Waals surface area contributed by atoms with Crippen molar-refractivity contribution in [3.63, 3.8) is 0 Å². The summed E-state index contributed by atoms with van der Waals surface area (Å²) < 4.78 is 0. The molecule has 2 N–H and O–H groups in total. The number of hydrogen-bond acceptors (Lipinski definition) is 6. The highest BCUT2D eigenvalue weighted by atomic mass is 32.1. The summed E-state index contributed by atoms with van der Waals surface area (Å²) in [6, 6.07) is 0. The lowest BCUT2D eigenvalue weighted by Gasteiger charge is -1.97. The fraction of sp³-hybridized carbons (Fsp3) is 0.250. The highest BCUT2D eigenvalue weighted by Gasteiger charge is 2.17. The molecular weight excluding hydrogens is 234 g/mol. The van der Waals surface area contributed by atoms with Crippen molar-refractivity contribution in [3.05, 3.63) is 11.1 Å². The zero-order valence-corrected chi connectivity index (χ0v) is 9.15. The average Bonchev–Trinajstić information content (AvgIpc) is 2.67. The Morgan fingerprint density at radius 1 is 1.81 bits per heavy atom. The van der Waals surface area contributed by atoms with Crippen molar-refractivity contribution in [3.8, 4) is 0 Å². The van der Waals surface area contributed by atoms with E-state index in [9.17, 15) is 9.59 Å². The molecule has 0 aliphatic heterocycles. The first-order valence-corrected chi connectivity index (χ1v) is 5.16. The minimum atomic E-state index is -1.24. The van der Waals surface area contributed by atoms with Gasteiger partial charge in [-0.2, -0.15) is 0 Å². The standard InChI is InChI=1S/C8H9N3O4S/c1-2-15-11-6(7(13)14)5-3-16-8(10-5)9-4-12/h3-4H,2H2,1H3,(H,13,14)(H,9,10,12)/b11-6-. The molecule has 1 rings (SSSR count). The Balaban J connectivity index is 2.92. The second-order valence-corrected chi connectivity index (χ2v) is 3.32. The van der Waals surface area contributed by atoms with Gasteiger partial charge in [-0.25, -0.2) is 9.78 Å². The van der Waals surface area contributed by atoms with E-state index in [4.69, 9.17) is 5.11 Å². The predicted octanol–water partition coefficient (Wildman–Crippen LogP) is 0.537. The number of carboxylic acid groups (broad SMARTS) is 1. The van der Waals surface area contributed by atoms with Crippen molar-refractivity contribution in [2.45, 2.75) is 6.92 Å². The van der Waals surface area contributed by atoms with Crippen LogP contribution in [0.4, 0.5) is 5.13 Å². The van der Waals surface area contributed by atoms with Crippen LogP contribution in [-0.2, 0) is 14.4 Å². The van der Waals surface area contributed by atoms with Crippen LogP contribution in [-0.4, -0.2) is 34.8 Å². The molecule has 1 heterocycles. The highest BCUT2D eigenvalue weighted by Crippen LogP contribution is 2.15. The fourth-order valence-electron chi connectivity index (χ4n) is 0.824. The number of aromatic nitrogens is 1. The summed E-state index contributed by atoms with van der Waals surface area (Å²) in [5.41, 5.74) is -0.146. The second kappa shape index (κ2) is 5.81. The Morgan fingerprint density at radius 3 is 3.12 bits per heavy atom. The molecule has 0 radical (unpaired) electrons. The molecule has 86 valence electrons. The van der Waals surface area contributed by atoms with E-state index in [1.54, 1.807) is 6.92 Å². The number of nitrogens with zero attached hydrogens (tertiary/aromatic N) is 2. The molecule has 0 aliphatic carbocycles. The number of amides is 1. The minimum absolute atomic E-state index is 0.148. The molecule has 16 heavy (non-hydrogen) atoms. The molecule has 0 fully saturated rings. The Bertz CT molecular complexity index is 415. The van der Waals surface area contributed by atoms with Gasteiger partial charge in [0.05, 0.1) is 0 Å². The molecule has 1 aromatic heterocycles. The van der Waals surface area contributed by atoms with Crippen molar-refractivity contribution in [2.75, 3.05) is 11.9 Å². The summed E-state index contributed by atoms with van der Waals surface area (Å²) in [7, 11) is 0. The zero-order valence-electron chi connectivity index (χ0n) is 8.34. The fourth-order valence-corrected chi connectivity index (χ4v) is 1.48. The van der Waals surface area contributed by atoms with Crippen molar-refractivity contribution >= 4 is 34.6 Å². The van der Waals surface area contributed by atoms with E-state index in [-0.39, 0.29) is 18.0 Å². The quantitative estimate of drug-likeness (QED) is 0.431.